The molecule has 0 spiro atoms. The van der Waals surface area contributed by atoms with Gasteiger partial charge in [-0.2, -0.15) is 0 Å². The van der Waals surface area contributed by atoms with E-state index in [1.54, 1.807) is 0 Å². The summed E-state index contributed by atoms with van der Waals surface area (Å²) in [5, 5.41) is 0. The van der Waals surface area contributed by atoms with Crippen molar-refractivity contribution in [2.24, 2.45) is 0 Å². The summed E-state index contributed by atoms with van der Waals surface area (Å²) in [5.74, 6) is 7.18. The molecule has 0 N–H and O–H groups in total. The van der Waals surface area contributed by atoms with Crippen LogP contribution in [0.3, 0.4) is 0 Å². The lowest BCUT2D eigenvalue weighted by Gasteiger charge is -2.19. The standard InChI is InChI=1S/C128H84N6/c1-5-29-111(107(25-1)89-53-61-95(62-54-89)123-37-13-19-73-129-123)101-79-102(112-30-6-2-26-108(112)90-55-63-96(64-56-90)124-38-14-20-74-130-124)82-105(81-101)115-33-9-11-35-117(115)119-71-69-99(127-41-17-23-77-133-127)85-121(119)93-49-45-87(46-50-93)43-44-88-47-51-94(52-48-88)122-86-100(128-42-18-24-78-134-128)70-72-120(122)118-36-12-10-34-116(118)106-83-103(113-31-7-3-27-109(113)91-57-65-97(66-58-91)125-39-15-21-75-131-125)80-104(84-106)114-32-8-4-28-110(114)92-59-67-98(68-60-92)126-40-16-22-76-132-126/h1-42,45-86H. The van der Waals surface area contributed by atoms with E-state index in [0.29, 0.717) is 0 Å². The molecular formula is C128H84N6. The van der Waals surface area contributed by atoms with E-state index in [2.05, 4.69) is 444 Å². The van der Waals surface area contributed by atoms with E-state index in [9.17, 15) is 0 Å². The van der Waals surface area contributed by atoms with Gasteiger partial charge in [0.2, 0.25) is 0 Å². The van der Waals surface area contributed by atoms with Gasteiger partial charge in [-0.3, -0.25) is 29.9 Å². The number of hydrogen-bond acceptors (Lipinski definition) is 6. The first-order chi connectivity index (χ1) is 66.4. The molecule has 0 aliphatic heterocycles. The van der Waals surface area contributed by atoms with Crippen LogP contribution < -0.4 is 0 Å². The fourth-order valence-electron chi connectivity index (χ4n) is 18.5. The number of pyridine rings is 6. The van der Waals surface area contributed by atoms with E-state index in [4.69, 9.17) is 9.97 Å². The maximum absolute atomic E-state index is 4.89. The maximum atomic E-state index is 4.89. The zero-order valence-corrected chi connectivity index (χ0v) is 73.2. The summed E-state index contributed by atoms with van der Waals surface area (Å²) in [6, 6.07) is 170. The van der Waals surface area contributed by atoms with Gasteiger partial charge in [-0.25, -0.2) is 0 Å². The third kappa shape index (κ3) is 17.2. The van der Waals surface area contributed by atoms with Crippen LogP contribution in [0.1, 0.15) is 11.1 Å². The van der Waals surface area contributed by atoms with Gasteiger partial charge >= 0.3 is 0 Å². The summed E-state index contributed by atoms with van der Waals surface area (Å²) in [6.45, 7) is 0. The molecule has 22 rings (SSSR count). The normalized spacial score (nSPS) is 11.1. The predicted octanol–water partition coefficient (Wildman–Crippen LogP) is 32.8. The van der Waals surface area contributed by atoms with Crippen LogP contribution in [0, 0.1) is 11.8 Å². The minimum absolute atomic E-state index is 0.893. The molecule has 22 aromatic rings. The van der Waals surface area contributed by atoms with Crippen molar-refractivity contribution in [2.45, 2.75) is 0 Å². The van der Waals surface area contributed by atoms with Crippen molar-refractivity contribution in [3.8, 4) is 235 Å². The van der Waals surface area contributed by atoms with Crippen molar-refractivity contribution in [3.05, 3.63) is 521 Å². The Kier molecular flexibility index (Phi) is 22.8. The highest BCUT2D eigenvalue weighted by Gasteiger charge is 2.24. The second kappa shape index (κ2) is 37.4. The Morgan fingerprint density at radius 3 is 0.478 bits per heavy atom. The molecule has 0 bridgehead atoms. The lowest BCUT2D eigenvalue weighted by Crippen LogP contribution is -1.94. The molecule has 0 unspecified atom stereocenters. The minimum atomic E-state index is 0.893. The average Bonchev–Trinajstić information content (AvgIpc) is 0.758. The van der Waals surface area contributed by atoms with Crippen molar-refractivity contribution in [1.82, 2.24) is 29.9 Å². The first-order valence-electron chi connectivity index (χ1n) is 45.2. The Hall–Kier alpha value is -18.0. The van der Waals surface area contributed by atoms with Gasteiger partial charge in [0, 0.05) is 81.7 Å². The summed E-state index contributed by atoms with van der Waals surface area (Å²) in [7, 11) is 0. The summed E-state index contributed by atoms with van der Waals surface area (Å²) in [5.41, 5.74) is 44.5. The first-order valence-corrected chi connectivity index (χ1v) is 45.2. The van der Waals surface area contributed by atoms with Crippen LogP contribution in [0.25, 0.3) is 223 Å². The van der Waals surface area contributed by atoms with E-state index in [0.717, 1.165) is 234 Å². The molecule has 0 aliphatic carbocycles. The monoisotopic (exact) mass is 1700 g/mol. The van der Waals surface area contributed by atoms with Crippen LogP contribution in [-0.2, 0) is 0 Å². The third-order valence-corrected chi connectivity index (χ3v) is 25.2. The molecule has 0 amide bonds. The van der Waals surface area contributed by atoms with Gasteiger partial charge in [-0.1, -0.05) is 339 Å². The number of benzene rings is 16. The summed E-state index contributed by atoms with van der Waals surface area (Å²) in [4.78, 5) is 28.5. The van der Waals surface area contributed by atoms with E-state index in [1.165, 1.54) is 0 Å². The highest BCUT2D eigenvalue weighted by Crippen LogP contribution is 2.49. The summed E-state index contributed by atoms with van der Waals surface area (Å²) >= 11 is 0. The lowest BCUT2D eigenvalue weighted by atomic mass is 9.84. The molecule has 0 saturated heterocycles. The Balaban J connectivity index is 0.615. The number of aromatic nitrogens is 6. The fourth-order valence-corrected chi connectivity index (χ4v) is 18.5. The van der Waals surface area contributed by atoms with Crippen molar-refractivity contribution in [1.29, 1.82) is 0 Å². The fraction of sp³-hybridized carbons (Fsp3) is 0. The topological polar surface area (TPSA) is 77.3 Å². The lowest BCUT2D eigenvalue weighted by molar-refractivity contribution is 1.33. The third-order valence-electron chi connectivity index (χ3n) is 25.2. The Morgan fingerprint density at radius 2 is 0.261 bits per heavy atom. The zero-order chi connectivity index (χ0) is 89.3. The predicted molar refractivity (Wildman–Crippen MR) is 554 cm³/mol. The van der Waals surface area contributed by atoms with Gasteiger partial charge in [0.25, 0.3) is 0 Å². The van der Waals surface area contributed by atoms with Crippen LogP contribution in [0.15, 0.2) is 510 Å². The summed E-state index contributed by atoms with van der Waals surface area (Å²) in [6.07, 6.45) is 11.1. The molecule has 134 heavy (non-hydrogen) atoms. The Labute approximate surface area is 781 Å². The molecule has 16 aromatic carbocycles. The molecule has 0 atom stereocenters. The Bertz CT molecular complexity index is 7290. The van der Waals surface area contributed by atoms with Crippen LogP contribution in [0.4, 0.5) is 0 Å². The van der Waals surface area contributed by atoms with Gasteiger partial charge in [-0.15, -0.1) is 0 Å². The molecule has 0 saturated carbocycles. The molecule has 6 aromatic heterocycles. The second-order valence-electron chi connectivity index (χ2n) is 33.4. The van der Waals surface area contributed by atoms with Crippen molar-refractivity contribution in [3.63, 3.8) is 0 Å². The molecule has 0 fully saturated rings. The minimum Gasteiger partial charge on any atom is -0.256 e. The number of hydrogen-bond donors (Lipinski definition) is 0. The van der Waals surface area contributed by atoms with Crippen LogP contribution in [-0.4, -0.2) is 29.9 Å². The van der Waals surface area contributed by atoms with Gasteiger partial charge in [-0.05, 0) is 301 Å². The van der Waals surface area contributed by atoms with E-state index >= 15 is 0 Å². The van der Waals surface area contributed by atoms with Crippen LogP contribution >= 0.6 is 0 Å². The molecule has 0 radical (unpaired) electrons. The smallest absolute Gasteiger partial charge is 0.0702 e. The average molecular weight is 1710 g/mol. The van der Waals surface area contributed by atoms with Crippen molar-refractivity contribution < 1.29 is 0 Å². The number of rotatable bonds is 20. The molecule has 6 heteroatoms. The van der Waals surface area contributed by atoms with E-state index in [-0.39, 0.29) is 0 Å². The molecule has 6 nitrogen and oxygen atoms in total. The van der Waals surface area contributed by atoms with Crippen LogP contribution in [0.2, 0.25) is 0 Å². The quantitative estimate of drug-likeness (QED) is 0.0708. The highest BCUT2D eigenvalue weighted by molar-refractivity contribution is 6.01. The van der Waals surface area contributed by atoms with Gasteiger partial charge in [0.05, 0.1) is 34.2 Å². The number of nitrogens with zero attached hydrogens (tertiary/aromatic N) is 6. The molecule has 0 aliphatic rings. The first kappa shape index (κ1) is 81.7. The largest absolute Gasteiger partial charge is 0.256 e. The molecule has 6 heterocycles. The maximum Gasteiger partial charge on any atom is 0.0702 e. The molecule has 626 valence electrons. The second-order valence-corrected chi connectivity index (χ2v) is 33.4. The zero-order valence-electron chi connectivity index (χ0n) is 73.2. The SMILES string of the molecule is C(#Cc1ccc(-c2cc(-c3ccccn3)ccc2-c2ccccc2-c2cc(-c3ccccc3-c3ccc(-c4ccccn4)cc3)cc(-c3ccccc3-c3ccc(-c4ccccn4)cc3)c2)cc1)c1ccc(-c2cc(-c3ccccn3)ccc2-c2ccccc2-c2cc(-c3ccccc3-c3ccc(-c4ccccn4)cc3)cc(-c3ccccc3-c3ccc(-c4ccccn4)cc3)c2)cc1. The van der Waals surface area contributed by atoms with Crippen LogP contribution in [0.5, 0.6) is 0 Å². The summed E-state index contributed by atoms with van der Waals surface area (Å²) < 4.78 is 0. The van der Waals surface area contributed by atoms with Crippen molar-refractivity contribution in [2.75, 3.05) is 0 Å². The van der Waals surface area contributed by atoms with Crippen molar-refractivity contribution >= 4 is 0 Å². The van der Waals surface area contributed by atoms with Gasteiger partial charge < -0.3 is 0 Å². The van der Waals surface area contributed by atoms with Gasteiger partial charge in [0.1, 0.15) is 0 Å². The molecular weight excluding hydrogens is 1620 g/mol. The Morgan fingerprint density at radius 1 is 0.104 bits per heavy atom. The van der Waals surface area contributed by atoms with E-state index in [1.807, 2.05) is 97.8 Å². The highest BCUT2D eigenvalue weighted by atomic mass is 14.7. The van der Waals surface area contributed by atoms with Gasteiger partial charge in [0.15, 0.2) is 0 Å². The van der Waals surface area contributed by atoms with E-state index < -0.39 is 0 Å².